The summed E-state index contributed by atoms with van der Waals surface area (Å²) >= 11 is 0. The molecule has 3 aromatic carbocycles. The van der Waals surface area contributed by atoms with Crippen molar-refractivity contribution in [2.24, 2.45) is 0 Å². The summed E-state index contributed by atoms with van der Waals surface area (Å²) in [7, 11) is 1.62. The lowest BCUT2D eigenvalue weighted by atomic mass is 10.0. The fourth-order valence-corrected chi connectivity index (χ4v) is 3.50. The highest BCUT2D eigenvalue weighted by molar-refractivity contribution is 6.06. The zero-order valence-corrected chi connectivity index (χ0v) is 14.9. The molecule has 132 valence electrons. The number of carbonyl (C=O) groups is 1. The monoisotopic (exact) mass is 347 g/mol. The number of aryl methyl sites for hydroxylation is 2. The van der Waals surface area contributed by atoms with E-state index in [1.807, 2.05) is 18.2 Å². The van der Waals surface area contributed by atoms with Crippen LogP contribution in [0.4, 0.5) is 5.69 Å². The van der Waals surface area contributed by atoms with E-state index in [0.717, 1.165) is 29.7 Å². The first-order valence-electron chi connectivity index (χ1n) is 8.81. The second kappa shape index (κ2) is 6.71. The Labute approximate surface area is 152 Å². The van der Waals surface area contributed by atoms with Crippen molar-refractivity contribution in [3.8, 4) is 11.5 Å². The normalized spacial score (nSPS) is 13.5. The molecule has 4 heteroatoms. The average molecular weight is 347 g/mol. The van der Waals surface area contributed by atoms with Crippen molar-refractivity contribution in [1.29, 1.82) is 0 Å². The smallest absolute Gasteiger partial charge is 0.265 e. The first-order valence-corrected chi connectivity index (χ1v) is 8.81. The van der Waals surface area contributed by atoms with Crippen LogP contribution in [0.1, 0.15) is 18.1 Å². The van der Waals surface area contributed by atoms with Crippen LogP contribution >= 0.6 is 0 Å². The summed E-state index contributed by atoms with van der Waals surface area (Å²) in [4.78, 5) is 12.6. The fraction of sp³-hybridized carbons (Fsp3) is 0.227. The van der Waals surface area contributed by atoms with Gasteiger partial charge < -0.3 is 14.8 Å². The molecule has 0 bridgehead atoms. The van der Waals surface area contributed by atoms with E-state index in [1.165, 1.54) is 16.5 Å². The van der Waals surface area contributed by atoms with Gasteiger partial charge in [0, 0.05) is 11.1 Å². The number of ether oxygens (including phenoxy) is 2. The molecule has 4 rings (SSSR count). The molecule has 0 unspecified atom stereocenters. The third kappa shape index (κ3) is 2.99. The van der Waals surface area contributed by atoms with E-state index in [4.69, 9.17) is 9.47 Å². The largest absolute Gasteiger partial charge is 0.497 e. The highest BCUT2D eigenvalue weighted by Crippen LogP contribution is 2.35. The van der Waals surface area contributed by atoms with Crippen LogP contribution in [0.25, 0.3) is 10.8 Å². The molecule has 1 amide bonds. The summed E-state index contributed by atoms with van der Waals surface area (Å²) in [5.74, 6) is 1.22. The van der Waals surface area contributed by atoms with Crippen LogP contribution in [0.2, 0.25) is 0 Å². The number of nitrogens with one attached hydrogen (secondary N) is 1. The van der Waals surface area contributed by atoms with Crippen LogP contribution in [-0.4, -0.2) is 19.1 Å². The zero-order chi connectivity index (χ0) is 18.1. The van der Waals surface area contributed by atoms with E-state index in [0.29, 0.717) is 5.75 Å². The van der Waals surface area contributed by atoms with Gasteiger partial charge >= 0.3 is 0 Å². The molecular weight excluding hydrogens is 326 g/mol. The highest BCUT2D eigenvalue weighted by Gasteiger charge is 2.19. The van der Waals surface area contributed by atoms with E-state index in [9.17, 15) is 4.79 Å². The molecule has 1 aliphatic rings. The number of hydrogen-bond donors (Lipinski definition) is 1. The minimum Gasteiger partial charge on any atom is -0.497 e. The Hall–Kier alpha value is -3.01. The fourth-order valence-electron chi connectivity index (χ4n) is 3.50. The van der Waals surface area contributed by atoms with Gasteiger partial charge in [-0.2, -0.15) is 0 Å². The molecule has 0 saturated carbocycles. The Kier molecular flexibility index (Phi) is 4.25. The summed E-state index contributed by atoms with van der Waals surface area (Å²) in [6, 6.07) is 17.6. The molecule has 0 heterocycles. The van der Waals surface area contributed by atoms with Crippen molar-refractivity contribution in [3.63, 3.8) is 0 Å². The lowest BCUT2D eigenvalue weighted by molar-refractivity contribution is -0.122. The molecule has 1 N–H and O–H groups in total. The summed E-state index contributed by atoms with van der Waals surface area (Å²) in [5, 5.41) is 5.41. The second-order valence-corrected chi connectivity index (χ2v) is 6.54. The first-order chi connectivity index (χ1) is 12.7. The second-order valence-electron chi connectivity index (χ2n) is 6.54. The van der Waals surface area contributed by atoms with Crippen LogP contribution < -0.4 is 14.8 Å². The zero-order valence-electron chi connectivity index (χ0n) is 14.9. The van der Waals surface area contributed by atoms with Gasteiger partial charge in [-0.1, -0.05) is 24.3 Å². The summed E-state index contributed by atoms with van der Waals surface area (Å²) in [6.45, 7) is 1.75. The molecule has 1 atom stereocenters. The average Bonchev–Trinajstić information content (AvgIpc) is 3.09. The van der Waals surface area contributed by atoms with Crippen molar-refractivity contribution in [1.82, 2.24) is 0 Å². The maximum atomic E-state index is 12.6. The molecule has 26 heavy (non-hydrogen) atoms. The number of benzene rings is 3. The van der Waals surface area contributed by atoms with Gasteiger partial charge in [-0.25, -0.2) is 0 Å². The molecule has 0 spiro atoms. The maximum Gasteiger partial charge on any atom is 0.265 e. The Morgan fingerprint density at radius 3 is 2.38 bits per heavy atom. The van der Waals surface area contributed by atoms with Gasteiger partial charge in [0.15, 0.2) is 6.10 Å². The summed E-state index contributed by atoms with van der Waals surface area (Å²) in [6.07, 6.45) is 1.54. The molecule has 0 aliphatic heterocycles. The Morgan fingerprint density at radius 2 is 1.65 bits per heavy atom. The van der Waals surface area contributed by atoms with Crippen molar-refractivity contribution < 1.29 is 14.3 Å². The molecule has 0 saturated heterocycles. The van der Waals surface area contributed by atoms with Crippen molar-refractivity contribution in [3.05, 3.63) is 65.7 Å². The number of rotatable bonds is 5. The quantitative estimate of drug-likeness (QED) is 0.746. The Balaban J connectivity index is 1.52. The van der Waals surface area contributed by atoms with Gasteiger partial charge in [-0.15, -0.1) is 0 Å². The van der Waals surface area contributed by atoms with E-state index in [-0.39, 0.29) is 5.91 Å². The van der Waals surface area contributed by atoms with Gasteiger partial charge in [0.05, 0.1) is 7.11 Å². The molecule has 0 fully saturated rings. The van der Waals surface area contributed by atoms with Gasteiger partial charge in [0.25, 0.3) is 5.91 Å². The molecule has 4 nitrogen and oxygen atoms in total. The summed E-state index contributed by atoms with van der Waals surface area (Å²) < 4.78 is 10.9. The topological polar surface area (TPSA) is 47.6 Å². The van der Waals surface area contributed by atoms with Crippen molar-refractivity contribution >= 4 is 22.4 Å². The SMILES string of the molecule is COc1ccc(O[C@H](C)C(=O)Nc2ccc3c4c(cccc24)CC3)cc1. The van der Waals surface area contributed by atoms with Gasteiger partial charge in [0.1, 0.15) is 11.5 Å². The number of amides is 1. The van der Waals surface area contributed by atoms with Gasteiger partial charge in [-0.05, 0) is 66.6 Å². The predicted octanol–water partition coefficient (Wildman–Crippen LogP) is 4.35. The molecule has 0 radical (unpaired) electrons. The van der Waals surface area contributed by atoms with Crippen LogP contribution in [0, 0.1) is 0 Å². The minimum absolute atomic E-state index is 0.167. The maximum absolute atomic E-state index is 12.6. The van der Waals surface area contributed by atoms with Gasteiger partial charge in [0.2, 0.25) is 0 Å². The Bertz CT molecular complexity index is 953. The number of anilines is 1. The molecule has 3 aromatic rings. The number of carbonyl (C=O) groups excluding carboxylic acids is 1. The molecule has 1 aliphatic carbocycles. The molecule has 0 aromatic heterocycles. The van der Waals surface area contributed by atoms with Gasteiger partial charge in [-0.3, -0.25) is 4.79 Å². The lowest BCUT2D eigenvalue weighted by Gasteiger charge is -2.16. The third-order valence-corrected chi connectivity index (χ3v) is 4.88. The standard InChI is InChI=1S/C22H21NO3/c1-14(26-18-11-9-17(25-2)10-12-18)22(24)23-20-13-8-16-7-6-15-4-3-5-19(20)21(15)16/h3-5,8-14H,6-7H2,1-2H3,(H,23,24)/t14-/m1/s1. The highest BCUT2D eigenvalue weighted by atomic mass is 16.5. The first kappa shape index (κ1) is 16.5. The van der Waals surface area contributed by atoms with Crippen LogP contribution in [0.15, 0.2) is 54.6 Å². The van der Waals surface area contributed by atoms with E-state index in [2.05, 4.69) is 29.6 Å². The molecular formula is C22H21NO3. The van der Waals surface area contributed by atoms with E-state index >= 15 is 0 Å². The van der Waals surface area contributed by atoms with Crippen LogP contribution in [0.5, 0.6) is 11.5 Å². The van der Waals surface area contributed by atoms with Crippen LogP contribution in [-0.2, 0) is 17.6 Å². The summed E-state index contributed by atoms with van der Waals surface area (Å²) in [5.41, 5.74) is 3.55. The number of methoxy groups -OCH3 is 1. The van der Waals surface area contributed by atoms with Crippen molar-refractivity contribution in [2.45, 2.75) is 25.9 Å². The Morgan fingerprint density at radius 1 is 0.962 bits per heavy atom. The third-order valence-electron chi connectivity index (χ3n) is 4.88. The minimum atomic E-state index is -0.605. The van der Waals surface area contributed by atoms with Crippen LogP contribution in [0.3, 0.4) is 0 Å². The van der Waals surface area contributed by atoms with E-state index < -0.39 is 6.10 Å². The predicted molar refractivity (Wildman–Crippen MR) is 103 cm³/mol. The van der Waals surface area contributed by atoms with E-state index in [1.54, 1.807) is 26.2 Å². The number of hydrogen-bond acceptors (Lipinski definition) is 3. The van der Waals surface area contributed by atoms with Crippen molar-refractivity contribution in [2.75, 3.05) is 12.4 Å². The lowest BCUT2D eigenvalue weighted by Crippen LogP contribution is -2.30.